The Morgan fingerprint density at radius 1 is 1.15 bits per heavy atom. The number of hydrogen-bond acceptors (Lipinski definition) is 3. The van der Waals surface area contributed by atoms with Crippen LogP contribution in [0.4, 0.5) is 0 Å². The molecule has 1 N–H and O–H groups in total. The van der Waals surface area contributed by atoms with Crippen LogP contribution in [0.25, 0.3) is 0 Å². The Kier molecular flexibility index (Phi) is 3.87. The molecular weight excluding hydrogens is 200 g/mol. The van der Waals surface area contributed by atoms with Gasteiger partial charge in [0.15, 0.2) is 0 Å². The molecule has 2 unspecified atom stereocenters. The fourth-order valence-corrected chi connectivity index (χ4v) is 5.15. The Bertz CT molecular complexity index is 151. The first-order valence-corrected chi connectivity index (χ1v) is 7.45. The third kappa shape index (κ3) is 2.57. The van der Waals surface area contributed by atoms with E-state index < -0.39 is 0 Å². The predicted molar refractivity (Wildman–Crippen MR) is 61.5 cm³/mol. The first kappa shape index (κ1) is 10.2. The van der Waals surface area contributed by atoms with Crippen LogP contribution < -0.4 is 0 Å². The van der Waals surface area contributed by atoms with Crippen LogP contribution in [0.15, 0.2) is 0 Å². The van der Waals surface area contributed by atoms with Crippen molar-refractivity contribution in [2.24, 2.45) is 5.92 Å². The molecule has 2 rings (SSSR count). The molecule has 1 saturated carbocycles. The molecule has 0 radical (unpaired) electrons. The van der Waals surface area contributed by atoms with Gasteiger partial charge in [-0.05, 0) is 18.8 Å². The average Bonchev–Trinajstić information content (AvgIpc) is 2.71. The van der Waals surface area contributed by atoms with E-state index in [0.29, 0.717) is 11.2 Å². The van der Waals surface area contributed by atoms with Gasteiger partial charge in [-0.15, -0.1) is 0 Å². The first-order valence-electron chi connectivity index (χ1n) is 5.25. The summed E-state index contributed by atoms with van der Waals surface area (Å²) < 4.78 is 0. The van der Waals surface area contributed by atoms with Gasteiger partial charge in [-0.25, -0.2) is 0 Å². The lowest BCUT2D eigenvalue weighted by atomic mass is 9.99. The zero-order valence-electron chi connectivity index (χ0n) is 7.95. The van der Waals surface area contributed by atoms with Gasteiger partial charge in [0.2, 0.25) is 0 Å². The van der Waals surface area contributed by atoms with E-state index in [1.165, 1.54) is 42.9 Å². The molecule has 1 saturated heterocycles. The lowest BCUT2D eigenvalue weighted by molar-refractivity contribution is 0.113. The zero-order valence-corrected chi connectivity index (χ0v) is 9.58. The molecule has 2 fully saturated rings. The molecule has 1 aliphatic heterocycles. The number of aliphatic hydroxyl groups excluding tert-OH is 1. The van der Waals surface area contributed by atoms with E-state index in [1.807, 2.05) is 23.5 Å². The summed E-state index contributed by atoms with van der Waals surface area (Å²) >= 11 is 4.00. The third-order valence-corrected chi connectivity index (χ3v) is 5.98. The quantitative estimate of drug-likeness (QED) is 0.768. The van der Waals surface area contributed by atoms with Gasteiger partial charge >= 0.3 is 0 Å². The van der Waals surface area contributed by atoms with E-state index in [-0.39, 0.29) is 6.10 Å². The largest absolute Gasteiger partial charge is 0.392 e. The standard InChI is InChI=1S/C10H18OS2/c11-10(8-3-1-2-4-8)9-7-12-5-6-13-9/h8-11H,1-7H2. The van der Waals surface area contributed by atoms with Crippen molar-refractivity contribution in [3.05, 3.63) is 0 Å². The van der Waals surface area contributed by atoms with E-state index in [9.17, 15) is 5.11 Å². The van der Waals surface area contributed by atoms with Crippen LogP contribution in [0.2, 0.25) is 0 Å². The smallest absolute Gasteiger partial charge is 0.0694 e. The SMILES string of the molecule is OC(C1CCCC1)C1CSCCS1. The van der Waals surface area contributed by atoms with Crippen molar-refractivity contribution in [3.8, 4) is 0 Å². The van der Waals surface area contributed by atoms with E-state index in [2.05, 4.69) is 0 Å². The van der Waals surface area contributed by atoms with Gasteiger partial charge < -0.3 is 5.11 Å². The topological polar surface area (TPSA) is 20.2 Å². The highest BCUT2D eigenvalue weighted by Gasteiger charge is 2.31. The van der Waals surface area contributed by atoms with Gasteiger partial charge in [-0.1, -0.05) is 12.8 Å². The highest BCUT2D eigenvalue weighted by molar-refractivity contribution is 8.06. The summed E-state index contributed by atoms with van der Waals surface area (Å²) in [6.07, 6.45) is 5.20. The zero-order chi connectivity index (χ0) is 9.10. The molecule has 0 aromatic heterocycles. The van der Waals surface area contributed by atoms with Crippen LogP contribution in [-0.2, 0) is 0 Å². The second kappa shape index (κ2) is 4.94. The first-order chi connectivity index (χ1) is 6.38. The Balaban J connectivity index is 1.83. The van der Waals surface area contributed by atoms with Crippen LogP contribution in [0.5, 0.6) is 0 Å². The van der Waals surface area contributed by atoms with Crippen molar-refractivity contribution in [2.75, 3.05) is 17.3 Å². The molecule has 0 aromatic carbocycles. The maximum Gasteiger partial charge on any atom is 0.0694 e. The Morgan fingerprint density at radius 2 is 1.92 bits per heavy atom. The van der Waals surface area contributed by atoms with Crippen LogP contribution in [0.1, 0.15) is 25.7 Å². The second-order valence-corrected chi connectivity index (χ2v) is 6.52. The van der Waals surface area contributed by atoms with E-state index in [4.69, 9.17) is 0 Å². The number of thioether (sulfide) groups is 2. The summed E-state index contributed by atoms with van der Waals surface area (Å²) in [7, 11) is 0. The van der Waals surface area contributed by atoms with Crippen molar-refractivity contribution in [3.63, 3.8) is 0 Å². The minimum Gasteiger partial charge on any atom is -0.392 e. The van der Waals surface area contributed by atoms with Crippen molar-refractivity contribution < 1.29 is 5.11 Å². The molecule has 0 aromatic rings. The molecule has 1 nitrogen and oxygen atoms in total. The van der Waals surface area contributed by atoms with E-state index in [1.54, 1.807) is 0 Å². The number of hydrogen-bond donors (Lipinski definition) is 1. The summed E-state index contributed by atoms with van der Waals surface area (Å²) in [5, 5.41) is 10.7. The Labute approximate surface area is 89.1 Å². The summed E-state index contributed by atoms with van der Waals surface area (Å²) in [6.45, 7) is 0. The average molecular weight is 218 g/mol. The van der Waals surface area contributed by atoms with Gasteiger partial charge in [0.1, 0.15) is 0 Å². The molecule has 1 heterocycles. The van der Waals surface area contributed by atoms with Crippen LogP contribution in [0, 0.1) is 5.92 Å². The van der Waals surface area contributed by atoms with Crippen molar-refractivity contribution in [1.29, 1.82) is 0 Å². The third-order valence-electron chi connectivity index (χ3n) is 3.11. The predicted octanol–water partition coefficient (Wildman–Crippen LogP) is 2.39. The van der Waals surface area contributed by atoms with Gasteiger partial charge in [0.05, 0.1) is 6.10 Å². The van der Waals surface area contributed by atoms with Crippen molar-refractivity contribution >= 4 is 23.5 Å². The number of aliphatic hydroxyl groups is 1. The van der Waals surface area contributed by atoms with Gasteiger partial charge in [0.25, 0.3) is 0 Å². The molecule has 1 aliphatic carbocycles. The van der Waals surface area contributed by atoms with Gasteiger partial charge in [-0.3, -0.25) is 0 Å². The summed E-state index contributed by atoms with van der Waals surface area (Å²) in [4.78, 5) is 0. The normalized spacial score (nSPS) is 33.5. The molecule has 13 heavy (non-hydrogen) atoms. The number of rotatable bonds is 2. The lowest BCUT2D eigenvalue weighted by Crippen LogP contribution is -2.34. The highest BCUT2D eigenvalue weighted by Crippen LogP contribution is 2.35. The molecule has 0 amide bonds. The highest BCUT2D eigenvalue weighted by atomic mass is 32.2. The Morgan fingerprint density at radius 3 is 2.54 bits per heavy atom. The van der Waals surface area contributed by atoms with E-state index >= 15 is 0 Å². The molecule has 0 bridgehead atoms. The fraction of sp³-hybridized carbons (Fsp3) is 1.00. The van der Waals surface area contributed by atoms with Crippen LogP contribution >= 0.6 is 23.5 Å². The summed E-state index contributed by atoms with van der Waals surface area (Å²) in [5.41, 5.74) is 0. The van der Waals surface area contributed by atoms with Crippen molar-refractivity contribution in [2.45, 2.75) is 37.0 Å². The van der Waals surface area contributed by atoms with E-state index in [0.717, 1.165) is 0 Å². The Hall–Kier alpha value is 0.660. The maximum atomic E-state index is 10.1. The molecule has 3 heteroatoms. The van der Waals surface area contributed by atoms with Crippen LogP contribution in [-0.4, -0.2) is 33.7 Å². The van der Waals surface area contributed by atoms with Gasteiger partial charge in [0, 0.05) is 22.5 Å². The molecule has 2 atom stereocenters. The monoisotopic (exact) mass is 218 g/mol. The molecule has 0 spiro atoms. The fourth-order valence-electron chi connectivity index (χ4n) is 2.31. The molecule has 76 valence electrons. The minimum absolute atomic E-state index is 0.0136. The maximum absolute atomic E-state index is 10.1. The molecular formula is C10H18OS2. The lowest BCUT2D eigenvalue weighted by Gasteiger charge is -2.29. The van der Waals surface area contributed by atoms with Gasteiger partial charge in [-0.2, -0.15) is 23.5 Å². The summed E-state index contributed by atoms with van der Waals surface area (Å²) in [5.74, 6) is 4.30. The van der Waals surface area contributed by atoms with Crippen LogP contribution in [0.3, 0.4) is 0 Å². The molecule has 2 aliphatic rings. The summed E-state index contributed by atoms with van der Waals surface area (Å²) in [6, 6.07) is 0. The second-order valence-electron chi connectivity index (χ2n) is 4.02. The van der Waals surface area contributed by atoms with Crippen molar-refractivity contribution in [1.82, 2.24) is 0 Å². The minimum atomic E-state index is -0.0136.